The van der Waals surface area contributed by atoms with E-state index in [1.54, 1.807) is 37.4 Å². The molecule has 0 aromatic heterocycles. The molecule has 7 nitrogen and oxygen atoms in total. The second kappa shape index (κ2) is 9.00. The lowest BCUT2D eigenvalue weighted by Crippen LogP contribution is -2.48. The van der Waals surface area contributed by atoms with Crippen LogP contribution in [0.15, 0.2) is 42.5 Å². The van der Waals surface area contributed by atoms with Gasteiger partial charge in [0.05, 0.1) is 0 Å². The molecule has 23 heavy (non-hydrogen) atoms. The van der Waals surface area contributed by atoms with Crippen molar-refractivity contribution in [1.29, 1.82) is 5.26 Å². The number of carbonyl (C=O) groups excluding carboxylic acids is 2. The Labute approximate surface area is 133 Å². The highest BCUT2D eigenvalue weighted by Gasteiger charge is 2.25. The Kier molecular flexibility index (Phi) is 7.01. The van der Waals surface area contributed by atoms with Crippen molar-refractivity contribution in [3.05, 3.63) is 48.0 Å². The molecule has 7 heteroatoms. The largest absolute Gasteiger partial charge is 0.478 e. The van der Waals surface area contributed by atoms with E-state index in [9.17, 15) is 14.4 Å². The lowest BCUT2D eigenvalue weighted by Gasteiger charge is -2.21. The first-order valence-corrected chi connectivity index (χ1v) is 6.94. The lowest BCUT2D eigenvalue weighted by molar-refractivity contribution is -0.132. The molecule has 0 aliphatic carbocycles. The number of hydrogen-bond acceptors (Lipinski definition) is 4. The van der Waals surface area contributed by atoms with Crippen LogP contribution in [-0.4, -0.2) is 40.4 Å². The zero-order chi connectivity index (χ0) is 17.2. The van der Waals surface area contributed by atoms with Gasteiger partial charge in [0, 0.05) is 25.1 Å². The summed E-state index contributed by atoms with van der Waals surface area (Å²) in [5.74, 6) is -2.52. The second-order valence-electron chi connectivity index (χ2n) is 4.60. The summed E-state index contributed by atoms with van der Waals surface area (Å²) in [7, 11) is 0. The molecule has 2 N–H and O–H groups in total. The van der Waals surface area contributed by atoms with Gasteiger partial charge < -0.3 is 10.4 Å². The number of likely N-dealkylation sites (N-methyl/N-ethyl adjacent to an activating group) is 1. The lowest BCUT2D eigenvalue weighted by atomic mass is 10.0. The van der Waals surface area contributed by atoms with E-state index in [2.05, 4.69) is 5.32 Å². The van der Waals surface area contributed by atoms with Crippen molar-refractivity contribution in [2.45, 2.75) is 19.4 Å². The van der Waals surface area contributed by atoms with Crippen molar-refractivity contribution in [1.82, 2.24) is 10.2 Å². The number of rotatable bonds is 7. The SMILES string of the molecule is CCN(C#N)C(=O)C(Cc1ccccc1)NC(=O)C=CC(=O)O. The molecule has 120 valence electrons. The van der Waals surface area contributed by atoms with Gasteiger partial charge in [-0.15, -0.1) is 0 Å². The van der Waals surface area contributed by atoms with Gasteiger partial charge in [-0.1, -0.05) is 30.3 Å². The van der Waals surface area contributed by atoms with Crippen molar-refractivity contribution in [3.8, 4) is 6.19 Å². The van der Waals surface area contributed by atoms with Crippen molar-refractivity contribution in [2.24, 2.45) is 0 Å². The third-order valence-corrected chi connectivity index (χ3v) is 2.98. The van der Waals surface area contributed by atoms with Gasteiger partial charge in [-0.05, 0) is 12.5 Å². The molecule has 1 aromatic rings. The molecule has 0 radical (unpaired) electrons. The van der Waals surface area contributed by atoms with Crippen LogP contribution in [0.4, 0.5) is 0 Å². The fraction of sp³-hybridized carbons (Fsp3) is 0.250. The summed E-state index contributed by atoms with van der Waals surface area (Å²) in [6.07, 6.45) is 3.47. The van der Waals surface area contributed by atoms with Crippen molar-refractivity contribution in [3.63, 3.8) is 0 Å². The summed E-state index contributed by atoms with van der Waals surface area (Å²) >= 11 is 0. The second-order valence-corrected chi connectivity index (χ2v) is 4.60. The minimum Gasteiger partial charge on any atom is -0.478 e. The van der Waals surface area contributed by atoms with E-state index in [1.807, 2.05) is 6.07 Å². The highest BCUT2D eigenvalue weighted by atomic mass is 16.4. The molecule has 0 saturated carbocycles. The van der Waals surface area contributed by atoms with Crippen LogP contribution in [0, 0.1) is 11.5 Å². The predicted octanol–water partition coefficient (Wildman–Crippen LogP) is 0.684. The fourth-order valence-electron chi connectivity index (χ4n) is 1.88. The van der Waals surface area contributed by atoms with Crippen molar-refractivity contribution < 1.29 is 19.5 Å². The minimum atomic E-state index is -1.27. The van der Waals surface area contributed by atoms with Gasteiger partial charge in [0.15, 0.2) is 6.19 Å². The first-order valence-electron chi connectivity index (χ1n) is 6.94. The zero-order valence-electron chi connectivity index (χ0n) is 12.6. The van der Waals surface area contributed by atoms with E-state index in [-0.39, 0.29) is 13.0 Å². The smallest absolute Gasteiger partial charge is 0.328 e. The van der Waals surface area contributed by atoms with Gasteiger partial charge in [-0.3, -0.25) is 9.59 Å². The number of nitrogens with one attached hydrogen (secondary N) is 1. The van der Waals surface area contributed by atoms with E-state index in [4.69, 9.17) is 10.4 Å². The topological polar surface area (TPSA) is 111 Å². The average molecular weight is 315 g/mol. The number of benzene rings is 1. The van der Waals surface area contributed by atoms with Gasteiger partial charge >= 0.3 is 5.97 Å². The highest BCUT2D eigenvalue weighted by Crippen LogP contribution is 2.06. The Hall–Kier alpha value is -3.14. The van der Waals surface area contributed by atoms with Crippen LogP contribution in [0.2, 0.25) is 0 Å². The van der Waals surface area contributed by atoms with Gasteiger partial charge in [0.1, 0.15) is 6.04 Å². The molecular formula is C16H17N3O4. The average Bonchev–Trinajstić information content (AvgIpc) is 2.54. The summed E-state index contributed by atoms with van der Waals surface area (Å²) in [5.41, 5.74) is 0.808. The first kappa shape index (κ1) is 17.9. The summed E-state index contributed by atoms with van der Waals surface area (Å²) in [5, 5.41) is 19.9. The maximum atomic E-state index is 12.3. The third-order valence-electron chi connectivity index (χ3n) is 2.98. The molecule has 0 bridgehead atoms. The quantitative estimate of drug-likeness (QED) is 0.437. The summed E-state index contributed by atoms with van der Waals surface area (Å²) in [4.78, 5) is 35.4. The number of nitrogens with zero attached hydrogens (tertiary/aromatic N) is 2. The molecule has 0 aliphatic rings. The van der Waals surface area contributed by atoms with Gasteiger partial charge in [-0.2, -0.15) is 5.26 Å². The molecule has 0 spiro atoms. The standard InChI is InChI=1S/C16H17N3O4/c1-2-19(11-17)16(23)13(10-12-6-4-3-5-7-12)18-14(20)8-9-15(21)22/h3-9,13H,2,10H2,1H3,(H,18,20)(H,21,22). The number of hydrogen-bond donors (Lipinski definition) is 2. The van der Waals surface area contributed by atoms with Crippen LogP contribution >= 0.6 is 0 Å². The maximum Gasteiger partial charge on any atom is 0.328 e. The monoisotopic (exact) mass is 315 g/mol. The van der Waals surface area contributed by atoms with Gasteiger partial charge in [-0.25, -0.2) is 9.69 Å². The Morgan fingerprint density at radius 3 is 2.48 bits per heavy atom. The molecule has 2 amide bonds. The predicted molar refractivity (Wildman–Crippen MR) is 81.9 cm³/mol. The number of carboxylic acids is 1. The van der Waals surface area contributed by atoms with Crippen LogP contribution < -0.4 is 5.32 Å². The van der Waals surface area contributed by atoms with Crippen molar-refractivity contribution >= 4 is 17.8 Å². The molecule has 1 atom stereocenters. The van der Waals surface area contributed by atoms with E-state index < -0.39 is 23.8 Å². The van der Waals surface area contributed by atoms with Crippen molar-refractivity contribution in [2.75, 3.05) is 6.54 Å². The number of amides is 2. The van der Waals surface area contributed by atoms with Crippen LogP contribution in [0.5, 0.6) is 0 Å². The molecule has 1 aromatic carbocycles. The first-order chi connectivity index (χ1) is 11.0. The highest BCUT2D eigenvalue weighted by molar-refractivity contribution is 5.96. The van der Waals surface area contributed by atoms with E-state index in [0.717, 1.165) is 16.5 Å². The van der Waals surface area contributed by atoms with Crippen LogP contribution in [0.3, 0.4) is 0 Å². The minimum absolute atomic E-state index is 0.182. The number of nitriles is 1. The fourth-order valence-corrected chi connectivity index (χ4v) is 1.88. The molecule has 0 fully saturated rings. The summed E-state index contributed by atoms with van der Waals surface area (Å²) < 4.78 is 0. The third kappa shape index (κ3) is 6.01. The van der Waals surface area contributed by atoms with E-state index in [0.29, 0.717) is 6.08 Å². The Bertz CT molecular complexity index is 634. The van der Waals surface area contributed by atoms with Crippen LogP contribution in [0.1, 0.15) is 12.5 Å². The normalized spacial score (nSPS) is 11.5. The molecular weight excluding hydrogens is 298 g/mol. The van der Waals surface area contributed by atoms with E-state index >= 15 is 0 Å². The number of aliphatic carboxylic acids is 1. The molecule has 0 aliphatic heterocycles. The Balaban J connectivity index is 2.92. The van der Waals surface area contributed by atoms with Gasteiger partial charge in [0.2, 0.25) is 5.91 Å². The maximum absolute atomic E-state index is 12.3. The Morgan fingerprint density at radius 1 is 1.30 bits per heavy atom. The van der Waals surface area contributed by atoms with E-state index in [1.165, 1.54) is 0 Å². The molecule has 0 saturated heterocycles. The number of carboxylic acid groups (broad SMARTS) is 1. The Morgan fingerprint density at radius 2 is 1.96 bits per heavy atom. The molecule has 0 heterocycles. The summed E-state index contributed by atoms with van der Waals surface area (Å²) in [6.45, 7) is 1.83. The number of carbonyl (C=O) groups is 3. The van der Waals surface area contributed by atoms with Gasteiger partial charge in [0.25, 0.3) is 5.91 Å². The zero-order valence-corrected chi connectivity index (χ0v) is 12.6. The van der Waals surface area contributed by atoms with Crippen LogP contribution in [0.25, 0.3) is 0 Å². The summed E-state index contributed by atoms with van der Waals surface area (Å²) in [6, 6.07) is 8.05. The molecule has 1 unspecified atom stereocenters. The molecule has 1 rings (SSSR count). The van der Waals surface area contributed by atoms with Crippen LogP contribution in [-0.2, 0) is 20.8 Å².